The lowest BCUT2D eigenvalue weighted by molar-refractivity contribution is -0.124. The number of methoxy groups -OCH3 is 1. The van der Waals surface area contributed by atoms with Crippen LogP contribution in [0.1, 0.15) is 56.8 Å². The summed E-state index contributed by atoms with van der Waals surface area (Å²) in [6.45, 7) is 6.58. The molecule has 1 aliphatic rings. The molecule has 1 saturated carbocycles. The molecule has 0 spiro atoms. The fourth-order valence-corrected chi connectivity index (χ4v) is 2.92. The van der Waals surface area contributed by atoms with Gasteiger partial charge in [-0.15, -0.1) is 0 Å². The first-order valence-corrected chi connectivity index (χ1v) is 8.52. The molecule has 24 heavy (non-hydrogen) atoms. The molecule has 2 rings (SSSR count). The molecule has 0 saturated heterocycles. The molecule has 5 nitrogen and oxygen atoms in total. The Morgan fingerprint density at radius 3 is 2.50 bits per heavy atom. The van der Waals surface area contributed by atoms with E-state index in [-0.39, 0.29) is 11.3 Å². The zero-order valence-corrected chi connectivity index (χ0v) is 15.0. The Morgan fingerprint density at radius 1 is 1.25 bits per heavy atom. The average Bonchev–Trinajstić information content (AvgIpc) is 3.00. The van der Waals surface area contributed by atoms with Gasteiger partial charge in [0.2, 0.25) is 5.91 Å². The summed E-state index contributed by atoms with van der Waals surface area (Å²) in [5.74, 6) is 0.349. The molecule has 1 aromatic carbocycles. The van der Waals surface area contributed by atoms with Crippen molar-refractivity contribution in [2.45, 2.75) is 46.5 Å². The van der Waals surface area contributed by atoms with Crippen LogP contribution in [0.3, 0.4) is 0 Å². The largest absolute Gasteiger partial charge is 0.492 e. The predicted octanol–water partition coefficient (Wildman–Crippen LogP) is 4.03. The number of carbonyl (C=O) groups excluding carboxylic acids is 2. The van der Waals surface area contributed by atoms with Gasteiger partial charge in [-0.2, -0.15) is 0 Å². The standard InChI is InChI=1S/C19H27NO4/c1-13(2)12-24-16-8-7-14(11-15(16)17(21)23-4)20-18(22)19(3)9-5-6-10-19/h7-8,11,13H,5-6,9-10,12H2,1-4H3,(H,20,22). The first-order chi connectivity index (χ1) is 11.4. The van der Waals surface area contributed by atoms with Crippen LogP contribution >= 0.6 is 0 Å². The lowest BCUT2D eigenvalue weighted by Gasteiger charge is -2.22. The number of hydrogen-bond donors (Lipinski definition) is 1. The van der Waals surface area contributed by atoms with Crippen LogP contribution in [0.15, 0.2) is 18.2 Å². The molecule has 0 aliphatic heterocycles. The molecular formula is C19H27NO4. The van der Waals surface area contributed by atoms with Gasteiger partial charge >= 0.3 is 5.97 Å². The van der Waals surface area contributed by atoms with Crippen LogP contribution in [0.5, 0.6) is 5.75 Å². The molecule has 1 fully saturated rings. The minimum atomic E-state index is -0.475. The Balaban J connectivity index is 2.19. The van der Waals surface area contributed by atoms with Crippen LogP contribution in [0.4, 0.5) is 5.69 Å². The van der Waals surface area contributed by atoms with Crippen molar-refractivity contribution in [2.75, 3.05) is 19.0 Å². The number of benzene rings is 1. The second-order valence-electron chi connectivity index (χ2n) is 7.13. The van der Waals surface area contributed by atoms with Gasteiger partial charge in [0.15, 0.2) is 0 Å². The molecule has 0 unspecified atom stereocenters. The highest BCUT2D eigenvalue weighted by Crippen LogP contribution is 2.38. The minimum Gasteiger partial charge on any atom is -0.492 e. The summed E-state index contributed by atoms with van der Waals surface area (Å²) in [4.78, 5) is 24.5. The van der Waals surface area contributed by atoms with E-state index in [1.807, 2.05) is 20.8 Å². The van der Waals surface area contributed by atoms with Gasteiger partial charge in [-0.05, 0) is 37.0 Å². The zero-order chi connectivity index (χ0) is 17.7. The van der Waals surface area contributed by atoms with E-state index in [1.54, 1.807) is 18.2 Å². The number of hydrogen-bond acceptors (Lipinski definition) is 4. The van der Waals surface area contributed by atoms with E-state index in [1.165, 1.54) is 7.11 Å². The molecule has 1 amide bonds. The maximum atomic E-state index is 12.5. The van der Waals surface area contributed by atoms with Gasteiger partial charge in [-0.3, -0.25) is 4.79 Å². The lowest BCUT2D eigenvalue weighted by Crippen LogP contribution is -2.30. The van der Waals surface area contributed by atoms with Gasteiger partial charge in [0, 0.05) is 11.1 Å². The van der Waals surface area contributed by atoms with Crippen molar-refractivity contribution in [3.05, 3.63) is 23.8 Å². The third-order valence-electron chi connectivity index (χ3n) is 4.47. The number of rotatable bonds is 6. The number of carbonyl (C=O) groups is 2. The Bertz CT molecular complexity index is 603. The first-order valence-electron chi connectivity index (χ1n) is 8.52. The number of ether oxygens (including phenoxy) is 2. The summed E-state index contributed by atoms with van der Waals surface area (Å²) < 4.78 is 10.5. The van der Waals surface area contributed by atoms with Crippen LogP contribution in [0, 0.1) is 11.3 Å². The van der Waals surface area contributed by atoms with E-state index in [0.717, 1.165) is 25.7 Å². The molecule has 0 atom stereocenters. The van der Waals surface area contributed by atoms with Crippen LogP contribution < -0.4 is 10.1 Å². The Morgan fingerprint density at radius 2 is 1.92 bits per heavy atom. The summed E-state index contributed by atoms with van der Waals surface area (Å²) >= 11 is 0. The average molecular weight is 333 g/mol. The van der Waals surface area contributed by atoms with E-state index < -0.39 is 5.97 Å². The monoisotopic (exact) mass is 333 g/mol. The third-order valence-corrected chi connectivity index (χ3v) is 4.47. The van der Waals surface area contributed by atoms with Crippen LogP contribution in [0.2, 0.25) is 0 Å². The molecule has 1 aliphatic carbocycles. The van der Waals surface area contributed by atoms with Gasteiger partial charge in [0.05, 0.1) is 13.7 Å². The van der Waals surface area contributed by atoms with Gasteiger partial charge in [-0.25, -0.2) is 4.79 Å². The summed E-state index contributed by atoms with van der Waals surface area (Å²) in [5, 5.41) is 2.93. The summed E-state index contributed by atoms with van der Waals surface area (Å²) in [5.41, 5.74) is 0.594. The summed E-state index contributed by atoms with van der Waals surface area (Å²) in [6.07, 6.45) is 3.97. The van der Waals surface area contributed by atoms with Crippen molar-refractivity contribution in [3.8, 4) is 5.75 Å². The van der Waals surface area contributed by atoms with E-state index >= 15 is 0 Å². The number of nitrogens with one attached hydrogen (secondary N) is 1. The first kappa shape index (κ1) is 18.3. The quantitative estimate of drug-likeness (QED) is 0.798. The lowest BCUT2D eigenvalue weighted by atomic mass is 9.88. The molecule has 1 N–H and O–H groups in total. The maximum Gasteiger partial charge on any atom is 0.341 e. The van der Waals surface area contributed by atoms with E-state index in [0.29, 0.717) is 29.5 Å². The Hall–Kier alpha value is -2.04. The van der Waals surface area contributed by atoms with Crippen LogP contribution in [-0.4, -0.2) is 25.6 Å². The molecule has 132 valence electrons. The molecule has 0 heterocycles. The van der Waals surface area contributed by atoms with Crippen LogP contribution in [0.25, 0.3) is 0 Å². The summed E-state index contributed by atoms with van der Waals surface area (Å²) in [7, 11) is 1.33. The second kappa shape index (κ2) is 7.69. The SMILES string of the molecule is COC(=O)c1cc(NC(=O)C2(C)CCCC2)ccc1OCC(C)C. The maximum absolute atomic E-state index is 12.5. The van der Waals surface area contributed by atoms with Gasteiger partial charge in [0.25, 0.3) is 0 Å². The molecule has 0 bridgehead atoms. The topological polar surface area (TPSA) is 64.6 Å². The van der Waals surface area contributed by atoms with Gasteiger partial charge < -0.3 is 14.8 Å². The Kier molecular flexibility index (Phi) is 5.86. The van der Waals surface area contributed by atoms with E-state index in [9.17, 15) is 9.59 Å². The molecule has 1 aromatic rings. The Labute approximate surface area is 143 Å². The molecule has 0 radical (unpaired) electrons. The van der Waals surface area contributed by atoms with Gasteiger partial charge in [0.1, 0.15) is 11.3 Å². The predicted molar refractivity (Wildman–Crippen MR) is 93.3 cm³/mol. The summed E-state index contributed by atoms with van der Waals surface area (Å²) in [6, 6.07) is 5.09. The van der Waals surface area contributed by atoms with Crippen molar-refractivity contribution < 1.29 is 19.1 Å². The molecular weight excluding hydrogens is 306 g/mol. The molecule has 5 heteroatoms. The van der Waals surface area contributed by atoms with Crippen molar-refractivity contribution in [2.24, 2.45) is 11.3 Å². The fourth-order valence-electron chi connectivity index (χ4n) is 2.92. The highest BCUT2D eigenvalue weighted by molar-refractivity contribution is 5.98. The normalized spacial score (nSPS) is 16.0. The highest BCUT2D eigenvalue weighted by Gasteiger charge is 2.36. The third kappa shape index (κ3) is 4.28. The van der Waals surface area contributed by atoms with Crippen LogP contribution in [-0.2, 0) is 9.53 Å². The minimum absolute atomic E-state index is 0.00617. The van der Waals surface area contributed by atoms with Gasteiger partial charge in [-0.1, -0.05) is 33.6 Å². The second-order valence-corrected chi connectivity index (χ2v) is 7.13. The highest BCUT2D eigenvalue weighted by atomic mass is 16.5. The van der Waals surface area contributed by atoms with E-state index in [4.69, 9.17) is 9.47 Å². The van der Waals surface area contributed by atoms with Crippen molar-refractivity contribution >= 4 is 17.6 Å². The number of anilines is 1. The van der Waals surface area contributed by atoms with Crippen molar-refractivity contribution in [1.82, 2.24) is 0 Å². The van der Waals surface area contributed by atoms with Crippen molar-refractivity contribution in [1.29, 1.82) is 0 Å². The molecule has 0 aromatic heterocycles. The number of amides is 1. The number of esters is 1. The smallest absolute Gasteiger partial charge is 0.341 e. The van der Waals surface area contributed by atoms with E-state index in [2.05, 4.69) is 5.32 Å². The van der Waals surface area contributed by atoms with Crippen molar-refractivity contribution in [3.63, 3.8) is 0 Å². The fraction of sp³-hybridized carbons (Fsp3) is 0.579. The zero-order valence-electron chi connectivity index (χ0n) is 15.0.